The van der Waals surface area contributed by atoms with E-state index in [0.717, 1.165) is 38.5 Å². The van der Waals surface area contributed by atoms with Crippen LogP contribution in [0.5, 0.6) is 0 Å². The zero-order valence-electron chi connectivity index (χ0n) is 19.6. The largest absolute Gasteiger partial charge is 0.468 e. The first-order valence-corrected chi connectivity index (χ1v) is 10.0. The number of amides is 2. The van der Waals surface area contributed by atoms with E-state index in [1.165, 1.54) is 6.92 Å². The third-order valence-electron chi connectivity index (χ3n) is 4.28. The number of non-ortho nitro benzene ring substituents is 1. The van der Waals surface area contributed by atoms with E-state index >= 15 is 0 Å². The van der Waals surface area contributed by atoms with Gasteiger partial charge in [-0.2, -0.15) is 0 Å². The highest BCUT2D eigenvalue weighted by Gasteiger charge is 2.49. The lowest BCUT2D eigenvalue weighted by Crippen LogP contribution is -2.59. The van der Waals surface area contributed by atoms with Crippen LogP contribution in [0.25, 0.3) is 0 Å². The maximum Gasteiger partial charge on any atom is 0.397 e. The first-order valence-electron chi connectivity index (χ1n) is 10.0. The number of ether oxygens (including phenoxy) is 3. The van der Waals surface area contributed by atoms with Crippen molar-refractivity contribution in [3.8, 4) is 0 Å². The van der Waals surface area contributed by atoms with Crippen LogP contribution in [-0.4, -0.2) is 67.1 Å². The summed E-state index contributed by atoms with van der Waals surface area (Å²) in [5.74, 6) is -8.18. The molecule has 1 N–H and O–H groups in total. The molecule has 1 rings (SSSR count). The van der Waals surface area contributed by atoms with Gasteiger partial charge < -0.3 is 19.5 Å². The number of nitrogens with one attached hydrogen (secondary N) is 1. The zero-order valence-corrected chi connectivity index (χ0v) is 19.6. The molecule has 13 nitrogen and oxygen atoms in total. The molecular weight excluding hydrogens is 454 g/mol. The predicted octanol–water partition coefficient (Wildman–Crippen LogP) is 0.736. The molecule has 2 unspecified atom stereocenters. The normalized spacial score (nSPS) is 12.5. The average molecular weight is 481 g/mol. The van der Waals surface area contributed by atoms with Crippen molar-refractivity contribution in [1.82, 2.24) is 5.32 Å². The predicted molar refractivity (Wildman–Crippen MR) is 116 cm³/mol. The van der Waals surface area contributed by atoms with Crippen molar-refractivity contribution in [2.75, 3.05) is 25.7 Å². The van der Waals surface area contributed by atoms with Gasteiger partial charge in [-0.25, -0.2) is 9.59 Å². The van der Waals surface area contributed by atoms with E-state index in [1.54, 1.807) is 20.8 Å². The number of anilines is 1. The molecule has 2 amide bonds. The van der Waals surface area contributed by atoms with Gasteiger partial charge in [0.2, 0.25) is 5.91 Å². The molecule has 34 heavy (non-hydrogen) atoms. The molecule has 2 atom stereocenters. The van der Waals surface area contributed by atoms with Gasteiger partial charge in [-0.05, 0) is 39.8 Å². The second kappa shape index (κ2) is 11.7. The Hall–Kier alpha value is -4.03. The van der Waals surface area contributed by atoms with Crippen LogP contribution in [-0.2, 0) is 38.2 Å². The fourth-order valence-electron chi connectivity index (χ4n) is 2.90. The van der Waals surface area contributed by atoms with Crippen LogP contribution < -0.4 is 10.2 Å². The van der Waals surface area contributed by atoms with Crippen molar-refractivity contribution < 1.29 is 43.1 Å². The fraction of sp³-hybridized carbons (Fsp3) is 0.476. The first kappa shape index (κ1) is 28.0. The molecule has 0 saturated heterocycles. The molecule has 0 saturated carbocycles. The number of nitrogens with zero attached hydrogens (tertiary/aromatic N) is 2. The Balaban J connectivity index is 3.80. The number of benzene rings is 1. The number of carbonyl (C=O) groups excluding carboxylic acids is 5. The molecule has 1 aromatic carbocycles. The van der Waals surface area contributed by atoms with Crippen LogP contribution in [0.1, 0.15) is 27.7 Å². The highest BCUT2D eigenvalue weighted by atomic mass is 16.6. The van der Waals surface area contributed by atoms with Gasteiger partial charge in [0.1, 0.15) is 0 Å². The maximum absolute atomic E-state index is 13.1. The van der Waals surface area contributed by atoms with Crippen molar-refractivity contribution in [1.29, 1.82) is 0 Å². The van der Waals surface area contributed by atoms with E-state index in [-0.39, 0.29) is 18.0 Å². The molecule has 0 aliphatic carbocycles. The van der Waals surface area contributed by atoms with Crippen LogP contribution in [0, 0.1) is 16.0 Å². The summed E-state index contributed by atoms with van der Waals surface area (Å²) in [6, 6.07) is 2.15. The van der Waals surface area contributed by atoms with Crippen molar-refractivity contribution in [3.63, 3.8) is 0 Å². The van der Waals surface area contributed by atoms with Crippen molar-refractivity contribution in [2.45, 2.75) is 39.3 Å². The summed E-state index contributed by atoms with van der Waals surface area (Å²) < 4.78 is 14.2. The Morgan fingerprint density at radius 2 is 1.56 bits per heavy atom. The number of rotatable bonds is 8. The number of esters is 3. The van der Waals surface area contributed by atoms with E-state index in [4.69, 9.17) is 14.2 Å². The van der Waals surface area contributed by atoms with Crippen LogP contribution in [0.3, 0.4) is 0 Å². The molecule has 0 fully saturated rings. The van der Waals surface area contributed by atoms with Gasteiger partial charge in [-0.1, -0.05) is 0 Å². The summed E-state index contributed by atoms with van der Waals surface area (Å²) in [4.78, 5) is 74.8. The average Bonchev–Trinajstić information content (AvgIpc) is 2.76. The molecule has 13 heteroatoms. The molecule has 0 aromatic heterocycles. The summed E-state index contributed by atoms with van der Waals surface area (Å²) in [5.41, 5.74) is -1.42. The molecule has 186 valence electrons. The van der Waals surface area contributed by atoms with Gasteiger partial charge in [0.15, 0.2) is 12.0 Å². The molecular formula is C21H27N3O10. The fourth-order valence-corrected chi connectivity index (χ4v) is 2.90. The number of nitro benzene ring substituents is 1. The minimum Gasteiger partial charge on any atom is -0.468 e. The van der Waals surface area contributed by atoms with E-state index in [2.05, 4.69) is 5.32 Å². The SMILES string of the molecule is CCOC(=O)C(=O)N(c1ccc([N+](=O)[O-])cc1)C(C(=O)OC)C(C(=O)NC(C)(C)C)C(=O)OC. The highest BCUT2D eigenvalue weighted by molar-refractivity contribution is 6.39. The Morgan fingerprint density at radius 1 is 1.03 bits per heavy atom. The molecule has 0 aliphatic heterocycles. The summed E-state index contributed by atoms with van der Waals surface area (Å²) >= 11 is 0. The number of hydrogen-bond acceptors (Lipinski definition) is 10. The van der Waals surface area contributed by atoms with Crippen molar-refractivity contribution in [3.05, 3.63) is 34.4 Å². The number of hydrogen-bond donors (Lipinski definition) is 1. The van der Waals surface area contributed by atoms with Gasteiger partial charge >= 0.3 is 23.8 Å². The molecule has 1 aromatic rings. The molecule has 0 spiro atoms. The zero-order chi connectivity index (χ0) is 26.2. The number of methoxy groups -OCH3 is 2. The Labute approximate surface area is 195 Å². The van der Waals surface area contributed by atoms with E-state index in [1.807, 2.05) is 0 Å². The minimum absolute atomic E-state index is 0.188. The Morgan fingerprint density at radius 3 is 1.97 bits per heavy atom. The van der Waals surface area contributed by atoms with Gasteiger partial charge in [-0.3, -0.25) is 29.4 Å². The van der Waals surface area contributed by atoms with Gasteiger partial charge in [0, 0.05) is 23.4 Å². The van der Waals surface area contributed by atoms with Crippen LogP contribution in [0.2, 0.25) is 0 Å². The van der Waals surface area contributed by atoms with Gasteiger partial charge in [-0.15, -0.1) is 0 Å². The van der Waals surface area contributed by atoms with Crippen LogP contribution in [0.15, 0.2) is 24.3 Å². The standard InChI is InChI=1S/C21H27N3O10/c1-7-34-20(29)17(26)23(12-8-10-13(11-9-12)24(30)31)15(19(28)33-6)14(18(27)32-5)16(25)22-21(2,3)4/h8-11,14-15H,7H2,1-6H3,(H,22,25). The van der Waals surface area contributed by atoms with Crippen molar-refractivity contribution in [2.24, 2.45) is 5.92 Å². The quantitative estimate of drug-likeness (QED) is 0.139. The third-order valence-corrected chi connectivity index (χ3v) is 4.28. The maximum atomic E-state index is 13.1. The molecule has 0 aliphatic rings. The smallest absolute Gasteiger partial charge is 0.397 e. The molecule has 0 radical (unpaired) electrons. The number of nitro groups is 1. The summed E-state index contributed by atoms with van der Waals surface area (Å²) in [5, 5.41) is 13.5. The third kappa shape index (κ3) is 6.98. The van der Waals surface area contributed by atoms with Gasteiger partial charge in [0.05, 0.1) is 25.7 Å². The summed E-state index contributed by atoms with van der Waals surface area (Å²) in [6.45, 7) is 6.10. The van der Waals surface area contributed by atoms with Gasteiger partial charge in [0.25, 0.3) is 5.69 Å². The second-order valence-corrected chi connectivity index (χ2v) is 7.88. The van der Waals surface area contributed by atoms with Crippen molar-refractivity contribution >= 4 is 41.1 Å². The van der Waals surface area contributed by atoms with Crippen LogP contribution >= 0.6 is 0 Å². The Bertz CT molecular complexity index is 953. The topological polar surface area (TPSA) is 171 Å². The summed E-state index contributed by atoms with van der Waals surface area (Å²) in [6.07, 6.45) is 0. The lowest BCUT2D eigenvalue weighted by molar-refractivity contribution is -0.384. The van der Waals surface area contributed by atoms with E-state index in [0.29, 0.717) is 4.90 Å². The minimum atomic E-state index is -2.02. The monoisotopic (exact) mass is 481 g/mol. The molecule has 0 bridgehead atoms. The molecule has 0 heterocycles. The lowest BCUT2D eigenvalue weighted by Gasteiger charge is -2.34. The van der Waals surface area contributed by atoms with E-state index in [9.17, 15) is 34.1 Å². The van der Waals surface area contributed by atoms with E-state index < -0.39 is 52.1 Å². The lowest BCUT2D eigenvalue weighted by atomic mass is 9.94. The second-order valence-electron chi connectivity index (χ2n) is 7.88. The Kier molecular flexibility index (Phi) is 9.65. The number of carbonyl (C=O) groups is 5. The summed E-state index contributed by atoms with van der Waals surface area (Å²) in [7, 11) is 1.92. The highest BCUT2D eigenvalue weighted by Crippen LogP contribution is 2.27. The van der Waals surface area contributed by atoms with Crippen LogP contribution in [0.4, 0.5) is 11.4 Å². The first-order chi connectivity index (χ1) is 15.8.